The van der Waals surface area contributed by atoms with Crippen molar-refractivity contribution in [3.8, 4) is 0 Å². The summed E-state index contributed by atoms with van der Waals surface area (Å²) in [7, 11) is -4.07. The predicted octanol–water partition coefficient (Wildman–Crippen LogP) is 3.17. The minimum atomic E-state index is -4.07. The van der Waals surface area contributed by atoms with E-state index < -0.39 is 27.9 Å². The van der Waals surface area contributed by atoms with Gasteiger partial charge in [-0.2, -0.15) is 4.72 Å². The van der Waals surface area contributed by atoms with Gasteiger partial charge in [0.25, 0.3) is 0 Å². The van der Waals surface area contributed by atoms with Gasteiger partial charge in [0.15, 0.2) is 0 Å². The van der Waals surface area contributed by atoms with Crippen LogP contribution in [0.3, 0.4) is 0 Å². The standard InChI is InChI=1S/C22H32N2O6S/c1-6-29-21(25)12-19(22(26)24(13-15(2)3)14-16(4)5)23-31(27,28)18-7-8-20-17(11-18)9-10-30-20/h7-11,15-16,19,23H,6,12-14H2,1-5H3. The molecule has 1 amide bonds. The summed E-state index contributed by atoms with van der Waals surface area (Å²) in [6, 6.07) is 4.81. The number of hydrogen-bond acceptors (Lipinski definition) is 6. The molecule has 1 heterocycles. The third-order valence-electron chi connectivity index (χ3n) is 4.49. The van der Waals surface area contributed by atoms with E-state index in [4.69, 9.17) is 9.15 Å². The number of sulfonamides is 1. The molecule has 0 saturated heterocycles. The van der Waals surface area contributed by atoms with Crippen molar-refractivity contribution in [2.75, 3.05) is 19.7 Å². The van der Waals surface area contributed by atoms with Crippen molar-refractivity contribution >= 4 is 32.9 Å². The lowest BCUT2D eigenvalue weighted by atomic mass is 10.1. The number of amides is 1. The first-order chi connectivity index (χ1) is 14.5. The fourth-order valence-corrected chi connectivity index (χ4v) is 4.51. The lowest BCUT2D eigenvalue weighted by molar-refractivity contribution is -0.147. The summed E-state index contributed by atoms with van der Waals surface area (Å²) in [4.78, 5) is 27.1. The second-order valence-electron chi connectivity index (χ2n) is 8.33. The van der Waals surface area contributed by atoms with Gasteiger partial charge in [0, 0.05) is 18.5 Å². The Morgan fingerprint density at radius 2 is 1.74 bits per heavy atom. The van der Waals surface area contributed by atoms with Crippen molar-refractivity contribution in [1.82, 2.24) is 9.62 Å². The fraction of sp³-hybridized carbons (Fsp3) is 0.545. The Morgan fingerprint density at radius 1 is 1.10 bits per heavy atom. The first-order valence-electron chi connectivity index (χ1n) is 10.5. The van der Waals surface area contributed by atoms with E-state index in [9.17, 15) is 18.0 Å². The van der Waals surface area contributed by atoms with Crippen molar-refractivity contribution in [2.45, 2.75) is 52.0 Å². The highest BCUT2D eigenvalue weighted by molar-refractivity contribution is 7.89. The maximum atomic E-state index is 13.3. The summed E-state index contributed by atoms with van der Waals surface area (Å²) < 4.78 is 38.8. The number of hydrogen-bond donors (Lipinski definition) is 1. The molecule has 172 valence electrons. The van der Waals surface area contributed by atoms with E-state index in [0.717, 1.165) is 0 Å². The molecule has 0 aliphatic heterocycles. The largest absolute Gasteiger partial charge is 0.466 e. The van der Waals surface area contributed by atoms with Gasteiger partial charge in [-0.25, -0.2) is 8.42 Å². The van der Waals surface area contributed by atoms with Gasteiger partial charge in [-0.15, -0.1) is 0 Å². The number of benzene rings is 1. The molecule has 1 atom stereocenters. The van der Waals surface area contributed by atoms with Crippen LogP contribution in [0.1, 0.15) is 41.0 Å². The zero-order valence-corrected chi connectivity index (χ0v) is 19.6. The van der Waals surface area contributed by atoms with Gasteiger partial charge in [-0.1, -0.05) is 27.7 Å². The molecule has 31 heavy (non-hydrogen) atoms. The molecule has 1 N–H and O–H groups in total. The Balaban J connectivity index is 2.34. The molecule has 0 radical (unpaired) electrons. The normalized spacial score (nSPS) is 13.0. The molecule has 0 spiro atoms. The van der Waals surface area contributed by atoms with Crippen LogP contribution in [0.15, 0.2) is 39.8 Å². The molecule has 0 fully saturated rings. The SMILES string of the molecule is CCOC(=O)CC(NS(=O)(=O)c1ccc2occc2c1)C(=O)N(CC(C)C)CC(C)C. The summed E-state index contributed by atoms with van der Waals surface area (Å²) in [5, 5.41) is 0.623. The molecule has 1 unspecified atom stereocenters. The molecule has 2 rings (SSSR count). The van der Waals surface area contributed by atoms with Crippen LogP contribution in [0.5, 0.6) is 0 Å². The summed E-state index contributed by atoms with van der Waals surface area (Å²) in [6.45, 7) is 10.6. The molecule has 0 saturated carbocycles. The van der Waals surface area contributed by atoms with E-state index in [2.05, 4.69) is 4.72 Å². The molecular formula is C22H32N2O6S. The van der Waals surface area contributed by atoms with E-state index >= 15 is 0 Å². The predicted molar refractivity (Wildman–Crippen MR) is 118 cm³/mol. The van der Waals surface area contributed by atoms with Crippen LogP contribution in [0, 0.1) is 11.8 Å². The number of furan rings is 1. The van der Waals surface area contributed by atoms with Crippen LogP contribution in [-0.4, -0.2) is 50.9 Å². The Morgan fingerprint density at radius 3 is 2.32 bits per heavy atom. The number of fused-ring (bicyclic) bond motifs is 1. The highest BCUT2D eigenvalue weighted by atomic mass is 32.2. The second kappa shape index (κ2) is 10.8. The monoisotopic (exact) mass is 452 g/mol. The summed E-state index contributed by atoms with van der Waals surface area (Å²) >= 11 is 0. The molecule has 9 heteroatoms. The summed E-state index contributed by atoms with van der Waals surface area (Å²) in [5.41, 5.74) is 0.554. The Kier molecular flexibility index (Phi) is 8.64. The van der Waals surface area contributed by atoms with Gasteiger partial charge >= 0.3 is 5.97 Å². The van der Waals surface area contributed by atoms with Gasteiger partial charge in [0.2, 0.25) is 15.9 Å². The molecular weight excluding hydrogens is 420 g/mol. The van der Waals surface area contributed by atoms with Crippen molar-refractivity contribution in [3.63, 3.8) is 0 Å². The third kappa shape index (κ3) is 7.07. The smallest absolute Gasteiger partial charge is 0.307 e. The average Bonchev–Trinajstić information content (AvgIpc) is 3.13. The van der Waals surface area contributed by atoms with E-state index in [1.807, 2.05) is 27.7 Å². The van der Waals surface area contributed by atoms with Crippen molar-refractivity contribution < 1.29 is 27.2 Å². The van der Waals surface area contributed by atoms with Crippen molar-refractivity contribution in [2.24, 2.45) is 11.8 Å². The first kappa shape index (κ1) is 24.9. The first-order valence-corrected chi connectivity index (χ1v) is 12.0. The number of rotatable bonds is 11. The fourth-order valence-electron chi connectivity index (χ4n) is 3.29. The molecule has 1 aromatic heterocycles. The van der Waals surface area contributed by atoms with Crippen LogP contribution in [0.2, 0.25) is 0 Å². The van der Waals surface area contributed by atoms with Crippen molar-refractivity contribution in [1.29, 1.82) is 0 Å². The second-order valence-corrected chi connectivity index (χ2v) is 10.0. The molecule has 0 bridgehead atoms. The molecule has 0 aliphatic carbocycles. The summed E-state index contributed by atoms with van der Waals surface area (Å²) in [6.07, 6.45) is 1.09. The molecule has 2 aromatic rings. The van der Waals surface area contributed by atoms with E-state index in [0.29, 0.717) is 24.1 Å². The highest BCUT2D eigenvalue weighted by Crippen LogP contribution is 2.21. The number of ether oxygens (including phenoxy) is 1. The quantitative estimate of drug-likeness (QED) is 0.525. The lowest BCUT2D eigenvalue weighted by Crippen LogP contribution is -2.51. The maximum Gasteiger partial charge on any atom is 0.307 e. The van der Waals surface area contributed by atoms with E-state index in [1.165, 1.54) is 18.4 Å². The number of carbonyl (C=O) groups excluding carboxylic acids is 2. The molecule has 1 aromatic carbocycles. The summed E-state index contributed by atoms with van der Waals surface area (Å²) in [5.74, 6) is -0.705. The Labute approximate surface area is 184 Å². The van der Waals surface area contributed by atoms with E-state index in [-0.39, 0.29) is 29.8 Å². The highest BCUT2D eigenvalue weighted by Gasteiger charge is 2.32. The van der Waals surface area contributed by atoms with Crippen LogP contribution < -0.4 is 4.72 Å². The maximum absolute atomic E-state index is 13.3. The van der Waals surface area contributed by atoms with Crippen LogP contribution >= 0.6 is 0 Å². The minimum absolute atomic E-state index is 0.0117. The van der Waals surface area contributed by atoms with Crippen LogP contribution in [0.4, 0.5) is 0 Å². The zero-order chi connectivity index (χ0) is 23.2. The molecule has 8 nitrogen and oxygen atoms in total. The van der Waals surface area contributed by atoms with Gasteiger partial charge in [-0.05, 0) is 43.0 Å². The lowest BCUT2D eigenvalue weighted by Gasteiger charge is -2.30. The average molecular weight is 453 g/mol. The van der Waals surface area contributed by atoms with Crippen LogP contribution in [0.25, 0.3) is 11.0 Å². The number of nitrogens with zero attached hydrogens (tertiary/aromatic N) is 1. The van der Waals surface area contributed by atoms with Gasteiger partial charge in [-0.3, -0.25) is 9.59 Å². The van der Waals surface area contributed by atoms with Crippen molar-refractivity contribution in [3.05, 3.63) is 30.5 Å². The van der Waals surface area contributed by atoms with Crippen LogP contribution in [-0.2, 0) is 24.3 Å². The number of esters is 1. The van der Waals surface area contributed by atoms with Gasteiger partial charge < -0.3 is 14.1 Å². The number of nitrogens with one attached hydrogen (secondary N) is 1. The van der Waals surface area contributed by atoms with E-state index in [1.54, 1.807) is 24.0 Å². The topological polar surface area (TPSA) is 106 Å². The Bertz CT molecular complexity index is 986. The minimum Gasteiger partial charge on any atom is -0.466 e. The zero-order valence-electron chi connectivity index (χ0n) is 18.8. The third-order valence-corrected chi connectivity index (χ3v) is 5.96. The Hall–Kier alpha value is -2.39. The van der Waals surface area contributed by atoms with Gasteiger partial charge in [0.1, 0.15) is 11.6 Å². The number of carbonyl (C=O) groups is 2. The van der Waals surface area contributed by atoms with Gasteiger partial charge in [0.05, 0.1) is 24.2 Å². The molecule has 0 aliphatic rings.